The molecule has 1 aromatic rings. The van der Waals surface area contributed by atoms with E-state index in [1.807, 2.05) is 31.7 Å². The van der Waals surface area contributed by atoms with Gasteiger partial charge in [-0.1, -0.05) is 6.07 Å². The average molecular weight is 314 g/mol. The molecule has 112 valence electrons. The molecule has 0 saturated carbocycles. The van der Waals surface area contributed by atoms with E-state index in [0.717, 1.165) is 41.0 Å². The van der Waals surface area contributed by atoms with E-state index in [0.29, 0.717) is 11.4 Å². The maximum atomic E-state index is 12.5. The summed E-state index contributed by atoms with van der Waals surface area (Å²) in [5, 5.41) is 0. The van der Waals surface area contributed by atoms with Gasteiger partial charge < -0.3 is 5.73 Å². The minimum atomic E-state index is -3.45. The number of thioether (sulfide) groups is 1. The first-order valence-electron chi connectivity index (χ1n) is 6.84. The number of hydrogen-bond acceptors (Lipinski definition) is 4. The van der Waals surface area contributed by atoms with Crippen molar-refractivity contribution in [2.24, 2.45) is 5.73 Å². The lowest BCUT2D eigenvalue weighted by molar-refractivity contribution is 0.528. The lowest BCUT2D eigenvalue weighted by atomic mass is 10.1. The van der Waals surface area contributed by atoms with Crippen LogP contribution in [0.3, 0.4) is 0 Å². The minimum absolute atomic E-state index is 0.0586. The Morgan fingerprint density at radius 1 is 1.25 bits per heavy atom. The Balaban J connectivity index is 2.28. The van der Waals surface area contributed by atoms with Crippen LogP contribution in [0.1, 0.15) is 29.5 Å². The molecule has 0 atom stereocenters. The number of rotatable bonds is 4. The number of hydrogen-bond donors (Lipinski definition) is 2. The van der Waals surface area contributed by atoms with Gasteiger partial charge in [0.25, 0.3) is 0 Å². The second-order valence-corrected chi connectivity index (χ2v) is 8.16. The summed E-state index contributed by atoms with van der Waals surface area (Å²) in [6.07, 6.45) is 1.80. The molecule has 20 heavy (non-hydrogen) atoms. The molecule has 0 amide bonds. The number of aryl methyl sites for hydroxylation is 2. The molecule has 1 heterocycles. The maximum absolute atomic E-state index is 12.5. The van der Waals surface area contributed by atoms with Gasteiger partial charge in [0.15, 0.2) is 0 Å². The van der Waals surface area contributed by atoms with Crippen LogP contribution in [0.15, 0.2) is 17.0 Å². The fourth-order valence-electron chi connectivity index (χ4n) is 2.48. The van der Waals surface area contributed by atoms with E-state index < -0.39 is 10.0 Å². The van der Waals surface area contributed by atoms with E-state index >= 15 is 0 Å². The molecule has 0 aromatic heterocycles. The third kappa shape index (κ3) is 3.55. The van der Waals surface area contributed by atoms with Gasteiger partial charge in [-0.15, -0.1) is 0 Å². The Kier molecular flexibility index (Phi) is 5.12. The van der Waals surface area contributed by atoms with Gasteiger partial charge in [0.05, 0.1) is 4.90 Å². The second kappa shape index (κ2) is 6.47. The van der Waals surface area contributed by atoms with Crippen LogP contribution in [0.5, 0.6) is 0 Å². The van der Waals surface area contributed by atoms with E-state index in [1.165, 1.54) is 0 Å². The highest BCUT2D eigenvalue weighted by atomic mass is 32.2. The first-order valence-corrected chi connectivity index (χ1v) is 9.48. The van der Waals surface area contributed by atoms with E-state index in [4.69, 9.17) is 5.73 Å². The lowest BCUT2D eigenvalue weighted by Crippen LogP contribution is -2.37. The van der Waals surface area contributed by atoms with Gasteiger partial charge in [-0.05, 0) is 61.0 Å². The second-order valence-electron chi connectivity index (χ2n) is 5.26. The number of sulfonamides is 1. The molecular formula is C14H22N2O2S2. The average Bonchev–Trinajstić information content (AvgIpc) is 2.39. The molecule has 1 aliphatic rings. The molecule has 1 saturated heterocycles. The normalized spacial score (nSPS) is 17.4. The predicted octanol–water partition coefficient (Wildman–Crippen LogP) is 1.94. The number of benzene rings is 1. The van der Waals surface area contributed by atoms with Crippen molar-refractivity contribution in [3.63, 3.8) is 0 Å². The monoisotopic (exact) mass is 314 g/mol. The van der Waals surface area contributed by atoms with Crippen molar-refractivity contribution < 1.29 is 8.42 Å². The molecule has 1 aliphatic heterocycles. The minimum Gasteiger partial charge on any atom is -0.326 e. The van der Waals surface area contributed by atoms with Crippen molar-refractivity contribution in [3.05, 3.63) is 28.8 Å². The zero-order valence-electron chi connectivity index (χ0n) is 12.0. The van der Waals surface area contributed by atoms with Crippen LogP contribution < -0.4 is 10.5 Å². The maximum Gasteiger partial charge on any atom is 0.241 e. The van der Waals surface area contributed by atoms with Crippen molar-refractivity contribution in [1.29, 1.82) is 0 Å². The van der Waals surface area contributed by atoms with Crippen LogP contribution in [0.25, 0.3) is 0 Å². The molecule has 0 aliphatic carbocycles. The van der Waals surface area contributed by atoms with E-state index in [2.05, 4.69) is 4.72 Å². The number of nitrogens with two attached hydrogens (primary N) is 1. The highest BCUT2D eigenvalue weighted by Crippen LogP contribution is 2.23. The van der Waals surface area contributed by atoms with E-state index in [-0.39, 0.29) is 6.04 Å². The molecule has 0 spiro atoms. The summed E-state index contributed by atoms with van der Waals surface area (Å²) >= 11 is 1.88. The summed E-state index contributed by atoms with van der Waals surface area (Å²) in [4.78, 5) is 0.363. The topological polar surface area (TPSA) is 72.2 Å². The standard InChI is InChI=1S/C14H22N2O2S2/c1-10-7-11(2)14(8-12(10)9-15)20(17,18)16-13-3-5-19-6-4-13/h7-8,13,16H,3-6,9,15H2,1-2H3. The third-order valence-corrected chi connectivity index (χ3v) is 6.40. The fourth-order valence-corrected chi connectivity index (χ4v) is 5.17. The van der Waals surface area contributed by atoms with Gasteiger partial charge >= 0.3 is 0 Å². The summed E-state index contributed by atoms with van der Waals surface area (Å²) in [5.41, 5.74) is 8.38. The zero-order valence-corrected chi connectivity index (χ0v) is 13.6. The molecule has 1 fully saturated rings. The van der Waals surface area contributed by atoms with Gasteiger partial charge in [0.1, 0.15) is 0 Å². The lowest BCUT2D eigenvalue weighted by Gasteiger charge is -2.23. The molecule has 0 unspecified atom stereocenters. The Hall–Kier alpha value is -0.560. The summed E-state index contributed by atoms with van der Waals surface area (Å²) in [6, 6.07) is 3.67. The first kappa shape index (κ1) is 15.8. The van der Waals surface area contributed by atoms with Crippen molar-refractivity contribution >= 4 is 21.8 Å². The zero-order chi connectivity index (χ0) is 14.8. The SMILES string of the molecule is Cc1cc(C)c(S(=O)(=O)NC2CCSCC2)cc1CN. The summed E-state index contributed by atoms with van der Waals surface area (Å²) in [7, 11) is -3.45. The quantitative estimate of drug-likeness (QED) is 0.891. The Labute approximate surface area is 125 Å². The van der Waals surface area contributed by atoms with Crippen LogP contribution in [0, 0.1) is 13.8 Å². The van der Waals surface area contributed by atoms with Gasteiger partial charge in [0, 0.05) is 12.6 Å². The van der Waals surface area contributed by atoms with Crippen molar-refractivity contribution in [3.8, 4) is 0 Å². The van der Waals surface area contributed by atoms with Gasteiger partial charge in [-0.2, -0.15) is 11.8 Å². The summed E-state index contributed by atoms with van der Waals surface area (Å²) in [6.45, 7) is 4.14. The third-order valence-electron chi connectivity index (χ3n) is 3.69. The van der Waals surface area contributed by atoms with Crippen molar-refractivity contribution in [1.82, 2.24) is 4.72 Å². The largest absolute Gasteiger partial charge is 0.326 e. The Morgan fingerprint density at radius 2 is 1.90 bits per heavy atom. The smallest absolute Gasteiger partial charge is 0.241 e. The van der Waals surface area contributed by atoms with E-state index in [1.54, 1.807) is 6.07 Å². The number of nitrogens with one attached hydrogen (secondary N) is 1. The van der Waals surface area contributed by atoms with Crippen molar-refractivity contribution in [2.45, 2.75) is 44.2 Å². The van der Waals surface area contributed by atoms with Crippen molar-refractivity contribution in [2.75, 3.05) is 11.5 Å². The predicted molar refractivity (Wildman–Crippen MR) is 84.5 cm³/mol. The summed E-state index contributed by atoms with van der Waals surface area (Å²) in [5.74, 6) is 2.04. The Bertz CT molecular complexity index is 579. The molecule has 1 aromatic carbocycles. The molecule has 2 rings (SSSR count). The fraction of sp³-hybridized carbons (Fsp3) is 0.571. The van der Waals surface area contributed by atoms with E-state index in [9.17, 15) is 8.42 Å². The molecule has 6 heteroatoms. The van der Waals surface area contributed by atoms with Crippen LogP contribution in [-0.2, 0) is 16.6 Å². The summed E-state index contributed by atoms with van der Waals surface area (Å²) < 4.78 is 27.9. The van der Waals surface area contributed by atoms with Gasteiger partial charge in [-0.3, -0.25) is 0 Å². The first-order chi connectivity index (χ1) is 9.44. The highest BCUT2D eigenvalue weighted by Gasteiger charge is 2.24. The van der Waals surface area contributed by atoms with Gasteiger partial charge in [0.2, 0.25) is 10.0 Å². The molecule has 3 N–H and O–H groups in total. The molecule has 0 bridgehead atoms. The van der Waals surface area contributed by atoms with Crippen LogP contribution in [0.4, 0.5) is 0 Å². The molecule has 4 nitrogen and oxygen atoms in total. The molecule has 0 radical (unpaired) electrons. The van der Waals surface area contributed by atoms with Crippen LogP contribution >= 0.6 is 11.8 Å². The molecular weight excluding hydrogens is 292 g/mol. The Morgan fingerprint density at radius 3 is 2.50 bits per heavy atom. The van der Waals surface area contributed by atoms with Gasteiger partial charge in [-0.25, -0.2) is 13.1 Å². The van der Waals surface area contributed by atoms with Crippen LogP contribution in [0.2, 0.25) is 0 Å². The highest BCUT2D eigenvalue weighted by molar-refractivity contribution is 7.99. The van der Waals surface area contributed by atoms with Crippen LogP contribution in [-0.4, -0.2) is 26.0 Å².